The molecule has 0 amide bonds. The Morgan fingerprint density at radius 1 is 1.18 bits per heavy atom. The predicted molar refractivity (Wildman–Crippen MR) is 112 cm³/mol. The highest BCUT2D eigenvalue weighted by molar-refractivity contribution is 7.98. The van der Waals surface area contributed by atoms with Gasteiger partial charge in [-0.05, 0) is 25.8 Å². The van der Waals surface area contributed by atoms with Gasteiger partial charge in [-0.25, -0.2) is 4.98 Å². The molecule has 0 aliphatic rings. The highest BCUT2D eigenvalue weighted by Crippen LogP contribution is 2.27. The number of fused-ring (bicyclic) bond motifs is 1. The summed E-state index contributed by atoms with van der Waals surface area (Å²) in [5.41, 5.74) is 2.83. The van der Waals surface area contributed by atoms with Gasteiger partial charge in [-0.3, -0.25) is 4.79 Å². The molecule has 0 aliphatic carbocycles. The van der Waals surface area contributed by atoms with Gasteiger partial charge in [-0.2, -0.15) is 9.61 Å². The molecule has 7 nitrogen and oxygen atoms in total. The molecule has 0 saturated heterocycles. The van der Waals surface area contributed by atoms with Crippen molar-refractivity contribution in [2.24, 2.45) is 0 Å². The third-order valence-corrected chi connectivity index (χ3v) is 6.46. The third kappa shape index (κ3) is 3.47. The van der Waals surface area contributed by atoms with Crippen molar-refractivity contribution in [1.82, 2.24) is 29.4 Å². The molecule has 9 heteroatoms. The number of aromatic nitrogens is 6. The van der Waals surface area contributed by atoms with Crippen molar-refractivity contribution in [3.05, 3.63) is 57.0 Å². The first-order valence-electron chi connectivity index (χ1n) is 9.11. The smallest absolute Gasteiger partial charge is 0.275 e. The quantitative estimate of drug-likeness (QED) is 0.450. The molecule has 0 saturated carbocycles. The molecular weight excluding hydrogens is 392 g/mol. The van der Waals surface area contributed by atoms with Crippen LogP contribution in [0.25, 0.3) is 16.3 Å². The van der Waals surface area contributed by atoms with Crippen molar-refractivity contribution in [3.8, 4) is 11.4 Å². The molecule has 0 aliphatic heterocycles. The van der Waals surface area contributed by atoms with E-state index in [9.17, 15) is 4.79 Å². The van der Waals surface area contributed by atoms with Gasteiger partial charge < -0.3 is 4.57 Å². The van der Waals surface area contributed by atoms with E-state index in [4.69, 9.17) is 0 Å². The second kappa shape index (κ2) is 7.84. The predicted octanol–water partition coefficient (Wildman–Crippen LogP) is 3.59. The zero-order valence-electron chi connectivity index (χ0n) is 15.9. The van der Waals surface area contributed by atoms with E-state index in [2.05, 4.69) is 50.8 Å². The summed E-state index contributed by atoms with van der Waals surface area (Å²) in [5, 5.41) is 14.8. The Morgan fingerprint density at radius 3 is 2.75 bits per heavy atom. The van der Waals surface area contributed by atoms with Gasteiger partial charge in [0.2, 0.25) is 4.96 Å². The Bertz CT molecular complexity index is 1190. The van der Waals surface area contributed by atoms with Crippen LogP contribution in [0.3, 0.4) is 0 Å². The lowest BCUT2D eigenvalue weighted by Gasteiger charge is -2.09. The molecule has 0 N–H and O–H groups in total. The number of nitrogens with zero attached hydrogens (tertiary/aromatic N) is 6. The van der Waals surface area contributed by atoms with Gasteiger partial charge in [0.1, 0.15) is 5.01 Å². The molecule has 0 fully saturated rings. The van der Waals surface area contributed by atoms with Crippen LogP contribution in [0.2, 0.25) is 0 Å². The Morgan fingerprint density at radius 2 is 2.00 bits per heavy atom. The van der Waals surface area contributed by atoms with E-state index in [1.54, 1.807) is 6.07 Å². The minimum Gasteiger partial charge on any atom is -0.302 e. The highest BCUT2D eigenvalue weighted by atomic mass is 32.2. The van der Waals surface area contributed by atoms with Crippen molar-refractivity contribution in [1.29, 1.82) is 0 Å². The molecule has 0 atom stereocenters. The lowest BCUT2D eigenvalue weighted by molar-refractivity contribution is 0.687. The van der Waals surface area contributed by atoms with Crippen LogP contribution < -0.4 is 5.56 Å². The zero-order valence-corrected chi connectivity index (χ0v) is 17.5. The topological polar surface area (TPSA) is 78.0 Å². The summed E-state index contributed by atoms with van der Waals surface area (Å²) < 4.78 is 3.47. The second-order valence-electron chi connectivity index (χ2n) is 6.28. The first-order chi connectivity index (χ1) is 13.6. The molecule has 0 unspecified atom stereocenters. The van der Waals surface area contributed by atoms with Crippen LogP contribution in [0.5, 0.6) is 0 Å². The summed E-state index contributed by atoms with van der Waals surface area (Å²) in [6, 6.07) is 9.71. The number of aryl methyl sites for hydroxylation is 2. The van der Waals surface area contributed by atoms with E-state index in [0.717, 1.165) is 40.2 Å². The van der Waals surface area contributed by atoms with Crippen molar-refractivity contribution < 1.29 is 0 Å². The van der Waals surface area contributed by atoms with E-state index in [1.165, 1.54) is 33.2 Å². The van der Waals surface area contributed by atoms with E-state index < -0.39 is 0 Å². The molecule has 144 valence electrons. The third-order valence-electron chi connectivity index (χ3n) is 4.41. The van der Waals surface area contributed by atoms with Crippen LogP contribution in [-0.4, -0.2) is 29.4 Å². The van der Waals surface area contributed by atoms with Crippen LogP contribution >= 0.6 is 23.1 Å². The molecule has 0 spiro atoms. The van der Waals surface area contributed by atoms with Gasteiger partial charge in [-0.15, -0.1) is 10.2 Å². The van der Waals surface area contributed by atoms with Crippen molar-refractivity contribution in [2.45, 2.75) is 44.6 Å². The van der Waals surface area contributed by atoms with E-state index in [1.807, 2.05) is 19.1 Å². The highest BCUT2D eigenvalue weighted by Gasteiger charge is 2.15. The number of hydrogen-bond donors (Lipinski definition) is 0. The first-order valence-corrected chi connectivity index (χ1v) is 10.9. The largest absolute Gasteiger partial charge is 0.302 e. The van der Waals surface area contributed by atoms with E-state index in [-0.39, 0.29) is 5.56 Å². The fraction of sp³-hybridized carbons (Fsp3) is 0.316. The van der Waals surface area contributed by atoms with Crippen molar-refractivity contribution in [3.63, 3.8) is 0 Å². The normalized spacial score (nSPS) is 11.4. The van der Waals surface area contributed by atoms with Gasteiger partial charge >= 0.3 is 0 Å². The van der Waals surface area contributed by atoms with Gasteiger partial charge in [0.05, 0.1) is 5.69 Å². The van der Waals surface area contributed by atoms with Crippen LogP contribution in [0.4, 0.5) is 0 Å². The van der Waals surface area contributed by atoms with Crippen LogP contribution in [-0.2, 0) is 18.7 Å². The van der Waals surface area contributed by atoms with Crippen LogP contribution in [0.15, 0.2) is 40.3 Å². The minimum atomic E-state index is -0.144. The van der Waals surface area contributed by atoms with E-state index in [0.29, 0.717) is 10.7 Å². The molecule has 1 aromatic carbocycles. The van der Waals surface area contributed by atoms with Crippen molar-refractivity contribution in [2.75, 3.05) is 0 Å². The molecule has 28 heavy (non-hydrogen) atoms. The van der Waals surface area contributed by atoms with E-state index >= 15 is 0 Å². The number of rotatable bonds is 6. The SMILES string of the molecule is CCc1nn2c(=O)cc(CSc3nnc(-c4ccccc4C)n3CC)nc2s1. The van der Waals surface area contributed by atoms with Gasteiger partial charge in [0, 0.05) is 23.9 Å². The summed E-state index contributed by atoms with van der Waals surface area (Å²) in [6.45, 7) is 6.93. The fourth-order valence-corrected chi connectivity index (χ4v) is 4.71. The Labute approximate surface area is 170 Å². The summed E-state index contributed by atoms with van der Waals surface area (Å²) in [7, 11) is 0. The summed E-state index contributed by atoms with van der Waals surface area (Å²) in [5.74, 6) is 1.42. The Hall–Kier alpha value is -2.52. The van der Waals surface area contributed by atoms with Gasteiger partial charge in [0.15, 0.2) is 11.0 Å². The first kappa shape index (κ1) is 18.8. The molecule has 3 heterocycles. The van der Waals surface area contributed by atoms with Crippen LogP contribution in [0, 0.1) is 6.92 Å². The maximum atomic E-state index is 12.3. The standard InChI is InChI=1S/C19H20N6OS2/c1-4-15-23-25-16(26)10-13(20-18(25)28-15)11-27-19-22-21-17(24(19)5-2)14-9-7-6-8-12(14)3/h6-10H,4-5,11H2,1-3H3. The molecular formula is C19H20N6OS2. The van der Waals surface area contributed by atoms with Crippen molar-refractivity contribution >= 4 is 28.1 Å². The average molecular weight is 413 g/mol. The number of benzene rings is 1. The minimum absolute atomic E-state index is 0.144. The van der Waals surface area contributed by atoms with Gasteiger partial charge in [-0.1, -0.05) is 54.3 Å². The fourth-order valence-electron chi connectivity index (χ4n) is 2.95. The Kier molecular flexibility index (Phi) is 5.27. The molecule has 0 radical (unpaired) electrons. The molecule has 4 aromatic rings. The molecule has 4 rings (SSSR count). The summed E-state index contributed by atoms with van der Waals surface area (Å²) in [6.07, 6.45) is 0.791. The maximum Gasteiger partial charge on any atom is 0.275 e. The summed E-state index contributed by atoms with van der Waals surface area (Å²) >= 11 is 3.00. The van der Waals surface area contributed by atoms with Crippen LogP contribution in [0.1, 0.15) is 30.1 Å². The average Bonchev–Trinajstić information content (AvgIpc) is 3.30. The zero-order chi connectivity index (χ0) is 19.7. The molecule has 3 aromatic heterocycles. The lowest BCUT2D eigenvalue weighted by Crippen LogP contribution is -2.15. The number of hydrogen-bond acceptors (Lipinski definition) is 7. The second-order valence-corrected chi connectivity index (χ2v) is 8.27. The lowest BCUT2D eigenvalue weighted by atomic mass is 10.1. The van der Waals surface area contributed by atoms with Gasteiger partial charge in [0.25, 0.3) is 5.56 Å². The molecule has 0 bridgehead atoms. The Balaban J connectivity index is 1.61. The number of thioether (sulfide) groups is 1. The maximum absolute atomic E-state index is 12.3. The monoisotopic (exact) mass is 412 g/mol. The summed E-state index contributed by atoms with van der Waals surface area (Å²) in [4.78, 5) is 17.5.